The first-order valence-electron chi connectivity index (χ1n) is 4.67. The third-order valence-electron chi connectivity index (χ3n) is 2.25. The summed E-state index contributed by atoms with van der Waals surface area (Å²) in [6.07, 6.45) is 1.47. The van der Waals surface area contributed by atoms with E-state index in [4.69, 9.17) is 11.0 Å². The van der Waals surface area contributed by atoms with E-state index in [1.807, 2.05) is 26.0 Å². The summed E-state index contributed by atoms with van der Waals surface area (Å²) < 4.78 is 1.51. The molecule has 0 aliphatic carbocycles. The lowest BCUT2D eigenvalue weighted by Gasteiger charge is -1.99. The zero-order valence-electron chi connectivity index (χ0n) is 8.60. The molecule has 0 fully saturated rings. The summed E-state index contributed by atoms with van der Waals surface area (Å²) in [5.74, 6) is 0.658. The number of aromatic nitrogens is 3. The number of hydrogen-bond donors (Lipinski definition) is 1. The Hall–Kier alpha value is -2.09. The van der Waals surface area contributed by atoms with E-state index in [-0.39, 0.29) is 0 Å². The third-order valence-corrected chi connectivity index (χ3v) is 2.25. The van der Waals surface area contributed by atoms with Crippen molar-refractivity contribution in [1.29, 1.82) is 5.26 Å². The molecular formula is C10H11N5. The number of fused-ring (bicyclic) bond motifs is 1. The van der Waals surface area contributed by atoms with Crippen LogP contribution < -0.4 is 5.73 Å². The number of nitrogens with zero attached hydrogens (tertiary/aromatic N) is 4. The van der Waals surface area contributed by atoms with Gasteiger partial charge < -0.3 is 5.73 Å². The van der Waals surface area contributed by atoms with E-state index >= 15 is 0 Å². The summed E-state index contributed by atoms with van der Waals surface area (Å²) in [4.78, 5) is 4.11. The molecule has 0 atom stereocenters. The van der Waals surface area contributed by atoms with Crippen LogP contribution in [-0.4, -0.2) is 14.6 Å². The molecule has 76 valence electrons. The second-order valence-electron chi connectivity index (χ2n) is 3.66. The maximum absolute atomic E-state index is 8.78. The molecule has 0 saturated heterocycles. The van der Waals surface area contributed by atoms with Gasteiger partial charge in [-0.05, 0) is 5.92 Å². The topological polar surface area (TPSA) is 80.0 Å². The zero-order valence-corrected chi connectivity index (χ0v) is 8.60. The summed E-state index contributed by atoms with van der Waals surface area (Å²) >= 11 is 0. The summed E-state index contributed by atoms with van der Waals surface area (Å²) in [6.45, 7) is 4.09. The fourth-order valence-corrected chi connectivity index (χ4v) is 1.34. The summed E-state index contributed by atoms with van der Waals surface area (Å²) in [7, 11) is 0. The van der Waals surface area contributed by atoms with E-state index in [1.165, 1.54) is 10.7 Å². The average molecular weight is 201 g/mol. The lowest BCUT2D eigenvalue weighted by molar-refractivity contribution is 0.789. The van der Waals surface area contributed by atoms with Gasteiger partial charge in [-0.15, -0.1) is 0 Å². The van der Waals surface area contributed by atoms with E-state index < -0.39 is 0 Å². The van der Waals surface area contributed by atoms with Crippen LogP contribution >= 0.6 is 0 Å². The molecule has 2 rings (SSSR count). The Labute approximate surface area is 87.1 Å². The minimum Gasteiger partial charge on any atom is -0.382 e. The first-order valence-corrected chi connectivity index (χ1v) is 4.67. The predicted molar refractivity (Wildman–Crippen MR) is 56.2 cm³/mol. The zero-order chi connectivity index (χ0) is 11.0. The molecule has 2 heterocycles. The Morgan fingerprint density at radius 3 is 2.87 bits per heavy atom. The SMILES string of the molecule is CC(C)c1cc2ncc(C#N)c(N)n2n1. The highest BCUT2D eigenvalue weighted by Gasteiger charge is 2.10. The van der Waals surface area contributed by atoms with Crippen LogP contribution in [0.15, 0.2) is 12.3 Å². The van der Waals surface area contributed by atoms with Gasteiger partial charge in [0.1, 0.15) is 17.5 Å². The molecule has 5 nitrogen and oxygen atoms in total. The van der Waals surface area contributed by atoms with Crippen molar-refractivity contribution in [3.05, 3.63) is 23.5 Å². The second kappa shape index (κ2) is 3.24. The van der Waals surface area contributed by atoms with Gasteiger partial charge in [0.2, 0.25) is 0 Å². The third kappa shape index (κ3) is 1.40. The fourth-order valence-electron chi connectivity index (χ4n) is 1.34. The first-order chi connectivity index (χ1) is 7.13. The number of nitrogens with two attached hydrogens (primary N) is 1. The van der Waals surface area contributed by atoms with Crippen LogP contribution in [0.3, 0.4) is 0 Å². The lowest BCUT2D eigenvalue weighted by atomic mass is 10.1. The van der Waals surface area contributed by atoms with Crippen molar-refractivity contribution in [1.82, 2.24) is 14.6 Å². The van der Waals surface area contributed by atoms with Crippen LogP contribution in [-0.2, 0) is 0 Å². The van der Waals surface area contributed by atoms with Gasteiger partial charge >= 0.3 is 0 Å². The van der Waals surface area contributed by atoms with Gasteiger partial charge in [0, 0.05) is 6.07 Å². The van der Waals surface area contributed by atoms with Crippen molar-refractivity contribution in [2.24, 2.45) is 0 Å². The van der Waals surface area contributed by atoms with Gasteiger partial charge in [0.05, 0.1) is 11.9 Å². The van der Waals surface area contributed by atoms with Crippen LogP contribution in [0.25, 0.3) is 5.65 Å². The van der Waals surface area contributed by atoms with Crippen LogP contribution in [0.1, 0.15) is 31.0 Å². The van der Waals surface area contributed by atoms with Crippen molar-refractivity contribution >= 4 is 11.5 Å². The highest BCUT2D eigenvalue weighted by Crippen LogP contribution is 2.17. The molecule has 0 radical (unpaired) electrons. The largest absolute Gasteiger partial charge is 0.382 e. The molecule has 2 N–H and O–H groups in total. The highest BCUT2D eigenvalue weighted by molar-refractivity contribution is 5.55. The number of rotatable bonds is 1. The summed E-state index contributed by atoms with van der Waals surface area (Å²) in [5.41, 5.74) is 7.73. The normalized spacial score (nSPS) is 10.8. The Morgan fingerprint density at radius 1 is 1.53 bits per heavy atom. The van der Waals surface area contributed by atoms with Crippen molar-refractivity contribution in [3.8, 4) is 6.07 Å². The second-order valence-corrected chi connectivity index (χ2v) is 3.66. The van der Waals surface area contributed by atoms with Crippen molar-refractivity contribution < 1.29 is 0 Å². The summed E-state index contributed by atoms with van der Waals surface area (Å²) in [5, 5.41) is 13.1. The number of nitrogen functional groups attached to an aromatic ring is 1. The van der Waals surface area contributed by atoms with Gasteiger partial charge in [-0.3, -0.25) is 0 Å². The molecule has 0 aliphatic rings. The number of hydrogen-bond acceptors (Lipinski definition) is 4. The molecule has 0 bridgehead atoms. The minimum atomic E-state index is 0.316. The number of nitriles is 1. The van der Waals surface area contributed by atoms with Crippen LogP contribution in [0.2, 0.25) is 0 Å². The Bertz CT molecular complexity index is 547. The smallest absolute Gasteiger partial charge is 0.157 e. The van der Waals surface area contributed by atoms with Crippen molar-refractivity contribution in [3.63, 3.8) is 0 Å². The molecule has 0 spiro atoms. The Morgan fingerprint density at radius 2 is 2.27 bits per heavy atom. The maximum atomic E-state index is 8.78. The first kappa shape index (κ1) is 9.46. The van der Waals surface area contributed by atoms with E-state index in [1.54, 1.807) is 0 Å². The van der Waals surface area contributed by atoms with Gasteiger partial charge in [0.15, 0.2) is 5.65 Å². The van der Waals surface area contributed by atoms with Crippen molar-refractivity contribution in [2.45, 2.75) is 19.8 Å². The van der Waals surface area contributed by atoms with E-state index in [2.05, 4.69) is 10.1 Å². The van der Waals surface area contributed by atoms with Gasteiger partial charge in [-0.25, -0.2) is 4.98 Å². The molecule has 0 amide bonds. The molecule has 2 aromatic heterocycles. The van der Waals surface area contributed by atoms with Crippen LogP contribution in [0, 0.1) is 11.3 Å². The molecule has 0 saturated carbocycles. The molecule has 2 aromatic rings. The molecule has 5 heteroatoms. The number of anilines is 1. The lowest BCUT2D eigenvalue weighted by Crippen LogP contribution is -2.03. The maximum Gasteiger partial charge on any atom is 0.157 e. The Balaban J connectivity index is 2.72. The van der Waals surface area contributed by atoms with Gasteiger partial charge in [0.25, 0.3) is 0 Å². The standard InChI is InChI=1S/C10H11N5/c1-6(2)8-3-9-13-5-7(4-11)10(12)15(9)14-8/h3,5-6H,12H2,1-2H3. The molecule has 15 heavy (non-hydrogen) atoms. The summed E-state index contributed by atoms with van der Waals surface area (Å²) in [6, 6.07) is 3.85. The van der Waals surface area contributed by atoms with Crippen molar-refractivity contribution in [2.75, 3.05) is 5.73 Å². The van der Waals surface area contributed by atoms with Crippen LogP contribution in [0.5, 0.6) is 0 Å². The fraction of sp³-hybridized carbons (Fsp3) is 0.300. The quantitative estimate of drug-likeness (QED) is 0.754. The molecule has 0 aliphatic heterocycles. The van der Waals surface area contributed by atoms with E-state index in [0.29, 0.717) is 22.9 Å². The Kier molecular flexibility index (Phi) is 2.05. The van der Waals surface area contributed by atoms with Crippen LogP contribution in [0.4, 0.5) is 5.82 Å². The van der Waals surface area contributed by atoms with E-state index in [0.717, 1.165) is 5.69 Å². The van der Waals surface area contributed by atoms with E-state index in [9.17, 15) is 0 Å². The highest BCUT2D eigenvalue weighted by atomic mass is 15.3. The van der Waals surface area contributed by atoms with Gasteiger partial charge in [-0.1, -0.05) is 13.8 Å². The monoisotopic (exact) mass is 201 g/mol. The predicted octanol–water partition coefficient (Wildman–Crippen LogP) is 1.31. The average Bonchev–Trinajstić information content (AvgIpc) is 2.63. The molecular weight excluding hydrogens is 190 g/mol. The molecule has 0 aromatic carbocycles. The molecule has 0 unspecified atom stereocenters. The van der Waals surface area contributed by atoms with Gasteiger partial charge in [-0.2, -0.15) is 14.9 Å². The minimum absolute atomic E-state index is 0.316.